The van der Waals surface area contributed by atoms with Gasteiger partial charge in [0.25, 0.3) is 5.91 Å². The molecule has 0 saturated carbocycles. The fraction of sp³-hybridized carbons (Fsp3) is 0.565. The van der Waals surface area contributed by atoms with Gasteiger partial charge in [0, 0.05) is 39.5 Å². The number of nitrogens with one attached hydrogen (secondary N) is 1. The molecule has 32 heavy (non-hydrogen) atoms. The van der Waals surface area contributed by atoms with E-state index >= 15 is 0 Å². The third-order valence-corrected chi connectivity index (χ3v) is 6.51. The summed E-state index contributed by atoms with van der Waals surface area (Å²) in [7, 11) is 1.87. The van der Waals surface area contributed by atoms with Crippen molar-refractivity contribution in [2.45, 2.75) is 40.2 Å². The summed E-state index contributed by atoms with van der Waals surface area (Å²) in [5.74, 6) is 0.766. The summed E-state index contributed by atoms with van der Waals surface area (Å²) in [6.45, 7) is 10.8. The van der Waals surface area contributed by atoms with Gasteiger partial charge in [-0.2, -0.15) is 0 Å². The van der Waals surface area contributed by atoms with Gasteiger partial charge in [0.05, 0.1) is 11.0 Å². The molecule has 2 aromatic heterocycles. The number of rotatable bonds is 6. The zero-order valence-corrected chi connectivity index (χ0v) is 21.7. The van der Waals surface area contributed by atoms with Crippen LogP contribution in [-0.2, 0) is 11.3 Å². The molecule has 0 aliphatic carbocycles. The normalized spacial score (nSPS) is 14.9. The number of thiazole rings is 1. The predicted octanol–water partition coefficient (Wildman–Crippen LogP) is 5.03. The zero-order chi connectivity index (χ0) is 21.3. The number of aromatic nitrogens is 2. The molecule has 3 heterocycles. The van der Waals surface area contributed by atoms with E-state index in [2.05, 4.69) is 48.7 Å². The van der Waals surface area contributed by atoms with Crippen molar-refractivity contribution in [3.8, 4) is 0 Å². The number of hydrogen-bond donors (Lipinski definition) is 1. The van der Waals surface area contributed by atoms with Crippen molar-refractivity contribution < 1.29 is 9.53 Å². The summed E-state index contributed by atoms with van der Waals surface area (Å²) in [6, 6.07) is 6.40. The lowest BCUT2D eigenvalue weighted by Gasteiger charge is -2.26. The van der Waals surface area contributed by atoms with Gasteiger partial charge in [0.1, 0.15) is 4.88 Å². The average Bonchev–Trinajstić information content (AvgIpc) is 3.25. The number of halogens is 2. The maximum atomic E-state index is 12.9. The molecule has 1 fully saturated rings. The molecule has 0 unspecified atom stereocenters. The van der Waals surface area contributed by atoms with Crippen LogP contribution in [0.1, 0.15) is 48.8 Å². The van der Waals surface area contributed by atoms with Crippen LogP contribution in [0.25, 0.3) is 16.0 Å². The highest BCUT2D eigenvalue weighted by molar-refractivity contribution is 7.18. The molecule has 1 saturated heterocycles. The van der Waals surface area contributed by atoms with Gasteiger partial charge in [-0.15, -0.1) is 24.8 Å². The van der Waals surface area contributed by atoms with E-state index in [1.807, 2.05) is 13.2 Å². The Morgan fingerprint density at radius 3 is 2.69 bits per heavy atom. The molecule has 3 aromatic rings. The minimum atomic E-state index is 0. The lowest BCUT2D eigenvalue weighted by Crippen LogP contribution is -2.34. The molecule has 178 valence electrons. The van der Waals surface area contributed by atoms with Crippen LogP contribution in [-0.4, -0.2) is 53.5 Å². The summed E-state index contributed by atoms with van der Waals surface area (Å²) in [6.07, 6.45) is 4.23. The summed E-state index contributed by atoms with van der Waals surface area (Å²) in [5, 5.41) is 3.59. The SMILES string of the molecule is CN(CC(C)(C)C)C(=O)c1cn2c(nc3ccc(CNCC4CCOCC4)cc32)s1.Cl.Cl. The van der Waals surface area contributed by atoms with E-state index in [-0.39, 0.29) is 36.1 Å². The van der Waals surface area contributed by atoms with Gasteiger partial charge in [0.2, 0.25) is 0 Å². The molecule has 0 bridgehead atoms. The first-order valence-electron chi connectivity index (χ1n) is 10.7. The van der Waals surface area contributed by atoms with Crippen molar-refractivity contribution in [1.82, 2.24) is 19.6 Å². The van der Waals surface area contributed by atoms with Crippen molar-refractivity contribution in [3.63, 3.8) is 0 Å². The molecule has 9 heteroatoms. The smallest absolute Gasteiger partial charge is 0.265 e. The Kier molecular flexibility index (Phi) is 9.37. The fourth-order valence-electron chi connectivity index (χ4n) is 4.11. The van der Waals surface area contributed by atoms with Crippen LogP contribution in [0.2, 0.25) is 0 Å². The number of hydrogen-bond acceptors (Lipinski definition) is 5. The van der Waals surface area contributed by atoms with E-state index in [0.29, 0.717) is 5.92 Å². The first kappa shape index (κ1) is 26.9. The third-order valence-electron chi connectivity index (χ3n) is 5.54. The number of amides is 1. The highest BCUT2D eigenvalue weighted by atomic mass is 35.5. The summed E-state index contributed by atoms with van der Waals surface area (Å²) < 4.78 is 7.49. The van der Waals surface area contributed by atoms with E-state index in [9.17, 15) is 4.79 Å². The molecular weight excluding hydrogens is 467 g/mol. The molecule has 0 atom stereocenters. The van der Waals surface area contributed by atoms with E-state index in [4.69, 9.17) is 9.72 Å². The van der Waals surface area contributed by atoms with Crippen molar-refractivity contribution in [2.75, 3.05) is 33.4 Å². The lowest BCUT2D eigenvalue weighted by molar-refractivity contribution is 0.0662. The molecule has 1 aliphatic rings. The Bertz CT molecular complexity index is 1040. The number of carbonyl (C=O) groups is 1. The number of ether oxygens (including phenoxy) is 1. The van der Waals surface area contributed by atoms with Crippen LogP contribution in [0.3, 0.4) is 0 Å². The summed E-state index contributed by atoms with van der Waals surface area (Å²) in [5.41, 5.74) is 3.34. The molecule has 1 amide bonds. The number of fused-ring (bicyclic) bond motifs is 3. The second-order valence-corrected chi connectivity index (χ2v) is 10.6. The van der Waals surface area contributed by atoms with E-state index < -0.39 is 0 Å². The van der Waals surface area contributed by atoms with Gasteiger partial charge in [-0.3, -0.25) is 9.20 Å². The van der Waals surface area contributed by atoms with Crippen molar-refractivity contribution in [3.05, 3.63) is 34.8 Å². The maximum absolute atomic E-state index is 12.9. The van der Waals surface area contributed by atoms with Crippen LogP contribution in [0.4, 0.5) is 0 Å². The average molecular weight is 502 g/mol. The second kappa shape index (κ2) is 11.2. The van der Waals surface area contributed by atoms with Crippen LogP contribution in [0.15, 0.2) is 24.4 Å². The zero-order valence-electron chi connectivity index (χ0n) is 19.2. The summed E-state index contributed by atoms with van der Waals surface area (Å²) in [4.78, 5) is 21.0. The topological polar surface area (TPSA) is 58.9 Å². The minimum absolute atomic E-state index is 0. The lowest BCUT2D eigenvalue weighted by atomic mass is 9.96. The monoisotopic (exact) mass is 500 g/mol. The highest BCUT2D eigenvalue weighted by Crippen LogP contribution is 2.26. The molecule has 0 radical (unpaired) electrons. The minimum Gasteiger partial charge on any atom is -0.381 e. The Hall–Kier alpha value is -1.38. The van der Waals surface area contributed by atoms with Crippen molar-refractivity contribution >= 4 is 58.1 Å². The first-order valence-corrected chi connectivity index (χ1v) is 11.6. The van der Waals surface area contributed by atoms with Gasteiger partial charge >= 0.3 is 0 Å². The highest BCUT2D eigenvalue weighted by Gasteiger charge is 2.22. The first-order chi connectivity index (χ1) is 14.3. The summed E-state index contributed by atoms with van der Waals surface area (Å²) >= 11 is 1.46. The molecule has 6 nitrogen and oxygen atoms in total. The number of nitrogens with zero attached hydrogens (tertiary/aromatic N) is 3. The third kappa shape index (κ3) is 6.35. The number of carbonyl (C=O) groups excluding carboxylic acids is 1. The standard InChI is InChI=1S/C23H32N4O2S.2ClH/c1-23(2,3)15-26(4)21(28)20-14-27-19-11-17(5-6-18(19)25-22(27)30-20)13-24-12-16-7-9-29-10-8-16;;/h5-6,11,14,16,24H,7-10,12-13,15H2,1-4H3;2*1H. The Labute approximate surface area is 206 Å². The molecule has 1 aliphatic heterocycles. The maximum Gasteiger partial charge on any atom is 0.265 e. The molecule has 0 spiro atoms. The predicted molar refractivity (Wildman–Crippen MR) is 137 cm³/mol. The van der Waals surface area contributed by atoms with E-state index in [1.165, 1.54) is 16.9 Å². The quantitative estimate of drug-likeness (QED) is 0.515. The van der Waals surface area contributed by atoms with Gasteiger partial charge in [-0.25, -0.2) is 4.98 Å². The van der Waals surface area contributed by atoms with Gasteiger partial charge in [0.15, 0.2) is 4.96 Å². The fourth-order valence-corrected chi connectivity index (χ4v) is 5.10. The number of imidazole rings is 1. The van der Waals surface area contributed by atoms with E-state index in [1.54, 1.807) is 4.90 Å². The van der Waals surface area contributed by atoms with E-state index in [0.717, 1.165) is 66.6 Å². The second-order valence-electron chi connectivity index (χ2n) is 9.59. The molecular formula is C23H34Cl2N4O2S. The Morgan fingerprint density at radius 2 is 2.00 bits per heavy atom. The molecule has 1 aromatic carbocycles. The van der Waals surface area contributed by atoms with Crippen LogP contribution in [0, 0.1) is 11.3 Å². The Balaban J connectivity index is 0.00000181. The number of benzene rings is 1. The molecule has 1 N–H and O–H groups in total. The Morgan fingerprint density at radius 1 is 1.28 bits per heavy atom. The largest absolute Gasteiger partial charge is 0.381 e. The van der Waals surface area contributed by atoms with Crippen LogP contribution in [0.5, 0.6) is 0 Å². The van der Waals surface area contributed by atoms with Crippen molar-refractivity contribution in [1.29, 1.82) is 0 Å². The van der Waals surface area contributed by atoms with Crippen LogP contribution < -0.4 is 5.32 Å². The van der Waals surface area contributed by atoms with Gasteiger partial charge < -0.3 is 15.0 Å². The van der Waals surface area contributed by atoms with Gasteiger partial charge in [-0.1, -0.05) is 38.2 Å². The van der Waals surface area contributed by atoms with Crippen molar-refractivity contribution in [2.24, 2.45) is 11.3 Å². The van der Waals surface area contributed by atoms with Crippen LogP contribution >= 0.6 is 36.2 Å². The molecule has 4 rings (SSSR count). The van der Waals surface area contributed by atoms with Gasteiger partial charge in [-0.05, 0) is 48.4 Å².